The summed E-state index contributed by atoms with van der Waals surface area (Å²) in [5.74, 6) is 0.342. The van der Waals surface area contributed by atoms with Crippen LogP contribution in [0.5, 0.6) is 5.75 Å². The normalized spacial score (nSPS) is 13.0. The Morgan fingerprint density at radius 1 is 0.939 bits per heavy atom. The zero-order valence-electron chi connectivity index (χ0n) is 20.1. The number of benzene rings is 3. The molecule has 5 heteroatoms. The van der Waals surface area contributed by atoms with Gasteiger partial charge in [-0.1, -0.05) is 81.4 Å². The third-order valence-corrected chi connectivity index (χ3v) is 11.1. The third kappa shape index (κ3) is 5.54. The summed E-state index contributed by atoms with van der Waals surface area (Å²) < 4.78 is 25.4. The van der Waals surface area contributed by atoms with Crippen LogP contribution in [0.1, 0.15) is 51.7 Å². The zero-order valence-corrected chi connectivity index (χ0v) is 21.1. The number of hydrogen-bond donors (Lipinski definition) is 1. The molecular weight excluding hydrogens is 431 g/mol. The molecule has 0 fully saturated rings. The van der Waals surface area contributed by atoms with Crippen LogP contribution in [0.15, 0.2) is 78.9 Å². The van der Waals surface area contributed by atoms with E-state index < -0.39 is 8.32 Å². The lowest BCUT2D eigenvalue weighted by molar-refractivity contribution is 0.0444. The van der Waals surface area contributed by atoms with Crippen molar-refractivity contribution in [2.75, 3.05) is 13.7 Å². The Morgan fingerprint density at radius 3 is 2.03 bits per heavy atom. The average molecular weight is 467 g/mol. The molecule has 33 heavy (non-hydrogen) atoms. The molecule has 0 saturated carbocycles. The van der Waals surface area contributed by atoms with E-state index in [9.17, 15) is 9.19 Å². The molecule has 176 valence electrons. The van der Waals surface area contributed by atoms with Crippen LogP contribution in [0.2, 0.25) is 5.04 Å². The molecule has 0 spiro atoms. The summed E-state index contributed by atoms with van der Waals surface area (Å²) >= 11 is 0. The van der Waals surface area contributed by atoms with Gasteiger partial charge in [-0.25, -0.2) is 4.39 Å². The van der Waals surface area contributed by atoms with Gasteiger partial charge in [-0.15, -0.1) is 0 Å². The second kappa shape index (κ2) is 11.1. The fraction of sp³-hybridized carbons (Fsp3) is 0.357. The number of halogens is 1. The minimum absolute atomic E-state index is 0.238. The summed E-state index contributed by atoms with van der Waals surface area (Å²) in [6.45, 7) is 6.86. The van der Waals surface area contributed by atoms with Gasteiger partial charge in [0.15, 0.2) is 0 Å². The van der Waals surface area contributed by atoms with E-state index in [1.807, 2.05) is 67.6 Å². The quantitative estimate of drug-likeness (QED) is 0.295. The van der Waals surface area contributed by atoms with Crippen molar-refractivity contribution in [2.24, 2.45) is 0 Å². The Morgan fingerprint density at radius 2 is 1.52 bits per heavy atom. The second-order valence-electron chi connectivity index (χ2n) is 9.08. The molecule has 1 atom stereocenters. The molecule has 0 aromatic heterocycles. The van der Waals surface area contributed by atoms with Gasteiger partial charge in [0.25, 0.3) is 8.32 Å². The number of ether oxygens (including phenoxy) is 2. The summed E-state index contributed by atoms with van der Waals surface area (Å²) in [7, 11) is -1.44. The van der Waals surface area contributed by atoms with Crippen LogP contribution in [0.4, 0.5) is 4.39 Å². The first-order chi connectivity index (χ1) is 15.8. The lowest BCUT2D eigenvalue weighted by Gasteiger charge is -2.41. The zero-order chi connectivity index (χ0) is 23.9. The maximum atomic E-state index is 13.8. The highest BCUT2D eigenvalue weighted by atomic mass is 28.4. The molecule has 0 amide bonds. The van der Waals surface area contributed by atoms with Crippen molar-refractivity contribution in [2.45, 2.75) is 51.2 Å². The molecule has 0 unspecified atom stereocenters. The van der Waals surface area contributed by atoms with Crippen molar-refractivity contribution in [1.82, 2.24) is 0 Å². The Bertz CT molecular complexity index is 969. The van der Waals surface area contributed by atoms with E-state index >= 15 is 0 Å². The number of hydrogen-bond acceptors (Lipinski definition) is 3. The summed E-state index contributed by atoms with van der Waals surface area (Å²) in [5.41, 5.74) is 0.735. The Labute approximate surface area is 198 Å². The highest BCUT2D eigenvalue weighted by Crippen LogP contribution is 2.40. The number of rotatable bonds is 11. The Balaban J connectivity index is 1.74. The summed E-state index contributed by atoms with van der Waals surface area (Å²) in [6.07, 6.45) is 2.07. The Hall–Kier alpha value is -2.47. The number of methoxy groups -OCH3 is 1. The molecule has 0 aliphatic carbocycles. The lowest BCUT2D eigenvalue weighted by Crippen LogP contribution is -2.65. The van der Waals surface area contributed by atoms with E-state index in [4.69, 9.17) is 9.47 Å². The molecule has 0 aliphatic rings. The van der Waals surface area contributed by atoms with Gasteiger partial charge >= 0.3 is 0 Å². The van der Waals surface area contributed by atoms with E-state index in [0.29, 0.717) is 12.4 Å². The van der Waals surface area contributed by atoms with E-state index in [0.717, 1.165) is 35.2 Å². The third-order valence-electron chi connectivity index (χ3n) is 6.54. The summed E-state index contributed by atoms with van der Waals surface area (Å²) in [5, 5.41) is 1.70. The first-order valence-corrected chi connectivity index (χ1v) is 13.6. The van der Waals surface area contributed by atoms with E-state index in [-0.39, 0.29) is 17.0 Å². The van der Waals surface area contributed by atoms with Gasteiger partial charge in [0.05, 0.1) is 13.2 Å². The SMILES string of the molecule is CC[C@H](OCCCC(C)(C)[Si](O)(c1ccccc1)c1ccccc1)c1cc(F)ccc1OC. The maximum absolute atomic E-state index is 13.8. The van der Waals surface area contributed by atoms with E-state index in [2.05, 4.69) is 13.8 Å². The standard InChI is InChI=1S/C28H35FO3Si/c1-5-26(25-21-22(29)17-18-27(25)31-4)32-20-12-19-28(2,3)33(30,23-13-8-6-9-14-23)24-15-10-7-11-16-24/h6-11,13-18,21,26,30H,5,12,19-20H2,1-4H3/t26-/m0/s1. The lowest BCUT2D eigenvalue weighted by atomic mass is 10.0. The van der Waals surface area contributed by atoms with Crippen molar-refractivity contribution < 1.29 is 18.7 Å². The van der Waals surface area contributed by atoms with Crippen LogP contribution in [-0.2, 0) is 4.74 Å². The highest BCUT2D eigenvalue weighted by molar-refractivity contribution is 6.98. The fourth-order valence-electron chi connectivity index (χ4n) is 4.61. The largest absolute Gasteiger partial charge is 0.496 e. The van der Waals surface area contributed by atoms with Crippen molar-refractivity contribution in [3.63, 3.8) is 0 Å². The minimum Gasteiger partial charge on any atom is -0.496 e. The van der Waals surface area contributed by atoms with Crippen LogP contribution >= 0.6 is 0 Å². The molecule has 1 N–H and O–H groups in total. The molecule has 3 aromatic carbocycles. The summed E-state index contributed by atoms with van der Waals surface area (Å²) in [4.78, 5) is 12.3. The van der Waals surface area contributed by atoms with Crippen LogP contribution < -0.4 is 15.1 Å². The first kappa shape index (κ1) is 25.2. The first-order valence-electron chi connectivity index (χ1n) is 11.6. The van der Waals surface area contributed by atoms with Crippen molar-refractivity contribution >= 4 is 18.7 Å². The van der Waals surface area contributed by atoms with Gasteiger partial charge in [-0.05, 0) is 52.9 Å². The summed E-state index contributed by atoms with van der Waals surface area (Å²) in [6, 6.07) is 24.6. The molecule has 0 bridgehead atoms. The molecule has 0 aliphatic heterocycles. The molecule has 3 aromatic rings. The molecule has 3 nitrogen and oxygen atoms in total. The molecular formula is C28H35FO3Si. The molecule has 0 radical (unpaired) electrons. The monoisotopic (exact) mass is 466 g/mol. The van der Waals surface area contributed by atoms with Gasteiger partial charge in [-0.2, -0.15) is 0 Å². The predicted octanol–water partition coefficient (Wildman–Crippen LogP) is 5.61. The van der Waals surface area contributed by atoms with Crippen molar-refractivity contribution in [3.8, 4) is 5.75 Å². The molecule has 3 rings (SSSR count). The average Bonchev–Trinajstić information content (AvgIpc) is 2.84. The Kier molecular flexibility index (Phi) is 8.46. The van der Waals surface area contributed by atoms with Crippen LogP contribution in [0, 0.1) is 5.82 Å². The topological polar surface area (TPSA) is 38.7 Å². The van der Waals surface area contributed by atoms with Gasteiger partial charge in [0, 0.05) is 12.2 Å². The minimum atomic E-state index is -3.03. The molecule has 0 saturated heterocycles. The smallest absolute Gasteiger partial charge is 0.258 e. The second-order valence-corrected chi connectivity index (χ2v) is 13.0. The van der Waals surface area contributed by atoms with E-state index in [1.165, 1.54) is 12.1 Å². The van der Waals surface area contributed by atoms with Crippen molar-refractivity contribution in [3.05, 3.63) is 90.2 Å². The van der Waals surface area contributed by atoms with Gasteiger partial charge < -0.3 is 14.3 Å². The van der Waals surface area contributed by atoms with E-state index in [1.54, 1.807) is 13.2 Å². The highest BCUT2D eigenvalue weighted by Gasteiger charge is 2.49. The molecule has 0 heterocycles. The predicted molar refractivity (Wildman–Crippen MR) is 135 cm³/mol. The van der Waals surface area contributed by atoms with Crippen LogP contribution in [-0.4, -0.2) is 26.8 Å². The van der Waals surface area contributed by atoms with Gasteiger partial charge in [0.2, 0.25) is 0 Å². The van der Waals surface area contributed by atoms with Crippen LogP contribution in [0.3, 0.4) is 0 Å². The van der Waals surface area contributed by atoms with Gasteiger partial charge in [0.1, 0.15) is 11.6 Å². The van der Waals surface area contributed by atoms with Crippen LogP contribution in [0.25, 0.3) is 0 Å². The van der Waals surface area contributed by atoms with Gasteiger partial charge in [-0.3, -0.25) is 0 Å². The fourth-order valence-corrected chi connectivity index (χ4v) is 8.40. The van der Waals surface area contributed by atoms with Crippen molar-refractivity contribution in [1.29, 1.82) is 0 Å². The maximum Gasteiger partial charge on any atom is 0.258 e.